The van der Waals surface area contributed by atoms with Crippen LogP contribution in [0.25, 0.3) is 0 Å². The van der Waals surface area contributed by atoms with Crippen molar-refractivity contribution in [2.75, 3.05) is 6.61 Å². The van der Waals surface area contributed by atoms with E-state index in [1.165, 1.54) is 6.08 Å². The highest BCUT2D eigenvalue weighted by molar-refractivity contribution is 5.87. The van der Waals surface area contributed by atoms with Gasteiger partial charge >= 0.3 is 5.97 Å². The van der Waals surface area contributed by atoms with Gasteiger partial charge in [0.2, 0.25) is 0 Å². The number of halogens is 1. The number of rotatable bonds is 4. The van der Waals surface area contributed by atoms with Crippen LogP contribution in [0, 0.1) is 5.92 Å². The van der Waals surface area contributed by atoms with Crippen molar-refractivity contribution < 1.29 is 19.0 Å². The van der Waals surface area contributed by atoms with Crippen LogP contribution < -0.4 is 0 Å². The van der Waals surface area contributed by atoms with E-state index in [0.717, 1.165) is 12.2 Å². The van der Waals surface area contributed by atoms with E-state index >= 15 is 0 Å². The van der Waals surface area contributed by atoms with E-state index in [-0.39, 0.29) is 17.9 Å². The fraction of sp³-hybridized carbons (Fsp3) is 0.400. The minimum absolute atomic E-state index is 0.0480. The minimum Gasteiger partial charge on any atom is -0.494 e. The maximum Gasteiger partial charge on any atom is 0.331 e. The molecule has 3 nitrogen and oxygen atoms in total. The molecule has 0 amide bonds. The Morgan fingerprint density at radius 3 is 2.95 bits per heavy atom. The van der Waals surface area contributed by atoms with Crippen molar-refractivity contribution in [1.82, 2.24) is 0 Å². The molecule has 0 aromatic heterocycles. The first-order valence-corrected chi connectivity index (χ1v) is 6.41. The maximum absolute atomic E-state index is 14.1. The van der Waals surface area contributed by atoms with Crippen molar-refractivity contribution in [3.63, 3.8) is 0 Å². The third-order valence-electron chi connectivity index (χ3n) is 3.29. The highest BCUT2D eigenvalue weighted by Gasteiger charge is 2.27. The topological polar surface area (TPSA) is 46.5 Å². The van der Waals surface area contributed by atoms with Crippen LogP contribution in [0.5, 0.6) is 0 Å². The first-order valence-electron chi connectivity index (χ1n) is 6.41. The number of allylic oxidation sites excluding steroid dienone is 6. The summed E-state index contributed by atoms with van der Waals surface area (Å²) in [6, 6.07) is 0. The molecule has 0 saturated carbocycles. The van der Waals surface area contributed by atoms with Crippen LogP contribution in [0.15, 0.2) is 47.3 Å². The Labute approximate surface area is 111 Å². The van der Waals surface area contributed by atoms with Gasteiger partial charge in [-0.25, -0.2) is 9.18 Å². The predicted molar refractivity (Wildman–Crippen MR) is 70.3 cm³/mol. The molecule has 0 saturated heterocycles. The zero-order valence-corrected chi connectivity index (χ0v) is 10.8. The number of carbonyl (C=O) groups is 1. The number of hydrogen-bond donors (Lipinski definition) is 1. The standard InChI is InChI=1S/C15H17FO3/c1-2-19-12-5-3-4-10(8-12)13-7-6-11(15(17)18)9-14(13)16/h3,5-8,10,14H,2,4,9H2,1H3,(H,17,18). The molecule has 102 valence electrons. The Morgan fingerprint density at radius 2 is 2.32 bits per heavy atom. The summed E-state index contributed by atoms with van der Waals surface area (Å²) in [4.78, 5) is 10.8. The second kappa shape index (κ2) is 5.87. The van der Waals surface area contributed by atoms with Gasteiger partial charge in [-0.1, -0.05) is 18.2 Å². The lowest BCUT2D eigenvalue weighted by Crippen LogP contribution is -2.20. The van der Waals surface area contributed by atoms with E-state index < -0.39 is 12.1 Å². The Bertz CT molecular complexity index is 486. The number of alkyl halides is 1. The monoisotopic (exact) mass is 264 g/mol. The molecule has 2 aliphatic rings. The van der Waals surface area contributed by atoms with E-state index in [0.29, 0.717) is 12.2 Å². The van der Waals surface area contributed by atoms with E-state index in [2.05, 4.69) is 0 Å². The number of hydrogen-bond acceptors (Lipinski definition) is 2. The van der Waals surface area contributed by atoms with Crippen molar-refractivity contribution >= 4 is 5.97 Å². The molecule has 0 spiro atoms. The smallest absolute Gasteiger partial charge is 0.331 e. The molecular weight excluding hydrogens is 247 g/mol. The summed E-state index contributed by atoms with van der Waals surface area (Å²) in [6.45, 7) is 2.47. The Balaban J connectivity index is 2.18. The zero-order chi connectivity index (χ0) is 13.8. The van der Waals surface area contributed by atoms with Gasteiger partial charge in [0.05, 0.1) is 6.61 Å². The van der Waals surface area contributed by atoms with Crippen molar-refractivity contribution in [3.8, 4) is 0 Å². The fourth-order valence-electron chi connectivity index (χ4n) is 2.34. The number of ether oxygens (including phenoxy) is 1. The van der Waals surface area contributed by atoms with Crippen molar-refractivity contribution in [2.24, 2.45) is 5.92 Å². The molecule has 0 radical (unpaired) electrons. The van der Waals surface area contributed by atoms with Crippen LogP contribution in [-0.2, 0) is 9.53 Å². The van der Waals surface area contributed by atoms with Gasteiger partial charge in [-0.3, -0.25) is 0 Å². The summed E-state index contributed by atoms with van der Waals surface area (Å²) in [5.74, 6) is -0.347. The number of carboxylic acids is 1. The molecule has 2 rings (SSSR count). The average Bonchev–Trinajstić information content (AvgIpc) is 2.39. The van der Waals surface area contributed by atoms with Gasteiger partial charge in [-0.15, -0.1) is 0 Å². The van der Waals surface area contributed by atoms with Crippen LogP contribution in [0.2, 0.25) is 0 Å². The van der Waals surface area contributed by atoms with Gasteiger partial charge in [-0.2, -0.15) is 0 Å². The summed E-state index contributed by atoms with van der Waals surface area (Å²) in [5.41, 5.74) is 0.753. The second-order valence-electron chi connectivity index (χ2n) is 4.58. The summed E-state index contributed by atoms with van der Waals surface area (Å²) < 4.78 is 19.5. The second-order valence-corrected chi connectivity index (χ2v) is 4.58. The third kappa shape index (κ3) is 3.13. The van der Waals surface area contributed by atoms with Crippen molar-refractivity contribution in [1.29, 1.82) is 0 Å². The Kier molecular flexibility index (Phi) is 4.20. The lowest BCUT2D eigenvalue weighted by molar-refractivity contribution is -0.132. The summed E-state index contributed by atoms with van der Waals surface area (Å²) in [6.07, 6.45) is 8.28. The summed E-state index contributed by atoms with van der Waals surface area (Å²) in [7, 11) is 0. The molecule has 1 N–H and O–H groups in total. The fourth-order valence-corrected chi connectivity index (χ4v) is 2.34. The molecule has 2 unspecified atom stereocenters. The molecule has 0 fully saturated rings. The van der Waals surface area contributed by atoms with Gasteiger partial charge in [0.25, 0.3) is 0 Å². The molecule has 2 atom stereocenters. The van der Waals surface area contributed by atoms with E-state index in [4.69, 9.17) is 9.84 Å². The van der Waals surface area contributed by atoms with Gasteiger partial charge in [0, 0.05) is 17.9 Å². The van der Waals surface area contributed by atoms with E-state index in [9.17, 15) is 9.18 Å². The Hall–Kier alpha value is -1.84. The highest BCUT2D eigenvalue weighted by Crippen LogP contribution is 2.33. The van der Waals surface area contributed by atoms with Crippen LogP contribution in [0.3, 0.4) is 0 Å². The third-order valence-corrected chi connectivity index (χ3v) is 3.29. The lowest BCUT2D eigenvalue weighted by Gasteiger charge is -2.24. The largest absolute Gasteiger partial charge is 0.494 e. The zero-order valence-electron chi connectivity index (χ0n) is 10.8. The number of aliphatic carboxylic acids is 1. The normalized spacial score (nSPS) is 26.3. The van der Waals surface area contributed by atoms with Crippen LogP contribution in [0.1, 0.15) is 19.8 Å². The van der Waals surface area contributed by atoms with Crippen LogP contribution >= 0.6 is 0 Å². The molecule has 0 aliphatic heterocycles. The molecule has 0 bridgehead atoms. The highest BCUT2D eigenvalue weighted by atomic mass is 19.1. The average molecular weight is 264 g/mol. The minimum atomic E-state index is -1.23. The molecule has 0 aromatic carbocycles. The number of carboxylic acid groups (broad SMARTS) is 1. The van der Waals surface area contributed by atoms with Crippen molar-refractivity contribution in [3.05, 3.63) is 47.3 Å². The van der Waals surface area contributed by atoms with Gasteiger partial charge < -0.3 is 9.84 Å². The molecule has 0 aromatic rings. The first kappa shape index (κ1) is 13.6. The molecule has 0 heterocycles. The van der Waals surface area contributed by atoms with Crippen LogP contribution in [-0.4, -0.2) is 23.9 Å². The van der Waals surface area contributed by atoms with Gasteiger partial charge in [-0.05, 0) is 31.1 Å². The SMILES string of the molecule is CCOC1=CC(C2=CC=C(C(=O)O)CC2F)CC=C1. The van der Waals surface area contributed by atoms with Crippen molar-refractivity contribution in [2.45, 2.75) is 25.9 Å². The summed E-state index contributed by atoms with van der Waals surface area (Å²) in [5, 5.41) is 8.86. The lowest BCUT2D eigenvalue weighted by atomic mass is 9.84. The molecule has 2 aliphatic carbocycles. The van der Waals surface area contributed by atoms with Gasteiger partial charge in [0.15, 0.2) is 0 Å². The van der Waals surface area contributed by atoms with E-state index in [1.54, 1.807) is 6.08 Å². The maximum atomic E-state index is 14.1. The van der Waals surface area contributed by atoms with Gasteiger partial charge in [0.1, 0.15) is 11.9 Å². The first-order chi connectivity index (χ1) is 9.11. The molecular formula is C15H17FO3. The predicted octanol–water partition coefficient (Wildman–Crippen LogP) is 3.16. The quantitative estimate of drug-likeness (QED) is 0.848. The Morgan fingerprint density at radius 1 is 1.53 bits per heavy atom. The van der Waals surface area contributed by atoms with Crippen LogP contribution in [0.4, 0.5) is 4.39 Å². The van der Waals surface area contributed by atoms with E-state index in [1.807, 2.05) is 25.2 Å². The summed E-state index contributed by atoms with van der Waals surface area (Å²) >= 11 is 0. The molecule has 4 heteroatoms. The molecule has 19 heavy (non-hydrogen) atoms.